The molecule has 8 nitrogen and oxygen atoms in total. The van der Waals surface area contributed by atoms with Crippen LogP contribution < -0.4 is 19.7 Å². The van der Waals surface area contributed by atoms with Gasteiger partial charge in [0.05, 0.1) is 12.1 Å². The summed E-state index contributed by atoms with van der Waals surface area (Å²) in [6, 6.07) is 12.2. The second-order valence-electron chi connectivity index (χ2n) is 10.1. The molecule has 0 aliphatic carbocycles. The van der Waals surface area contributed by atoms with Crippen molar-refractivity contribution in [2.75, 3.05) is 37.7 Å². The number of rotatable bonds is 7. The van der Waals surface area contributed by atoms with Gasteiger partial charge in [-0.2, -0.15) is 13.2 Å². The lowest BCUT2D eigenvalue weighted by molar-refractivity contribution is -0.153. The Morgan fingerprint density at radius 3 is 2.50 bits per heavy atom. The van der Waals surface area contributed by atoms with Crippen LogP contribution in [0.2, 0.25) is 0 Å². The number of carbonyl (C=O) groups excluding carboxylic acids is 2. The number of hydrogen-bond acceptors (Lipinski definition) is 6. The zero-order valence-corrected chi connectivity index (χ0v) is 22.8. The van der Waals surface area contributed by atoms with E-state index in [0.29, 0.717) is 37.2 Å². The number of likely N-dealkylation sites (tertiary alicyclic amines) is 1. The third-order valence-corrected chi connectivity index (χ3v) is 7.34. The summed E-state index contributed by atoms with van der Waals surface area (Å²) < 4.78 is 55.2. The highest BCUT2D eigenvalue weighted by molar-refractivity contribution is 5.91. The van der Waals surface area contributed by atoms with E-state index in [2.05, 4.69) is 5.32 Å². The van der Waals surface area contributed by atoms with E-state index < -0.39 is 18.9 Å². The quantitative estimate of drug-likeness (QED) is 0.501. The van der Waals surface area contributed by atoms with Crippen LogP contribution in [0.4, 0.5) is 23.7 Å². The van der Waals surface area contributed by atoms with Crippen LogP contribution in [0.5, 0.6) is 11.5 Å². The Kier molecular flexibility index (Phi) is 9.68. The predicted octanol–water partition coefficient (Wildman–Crippen LogP) is 4.87. The first-order valence-electron chi connectivity index (χ1n) is 13.3. The largest absolute Gasteiger partial charge is 0.490 e. The van der Waals surface area contributed by atoms with Gasteiger partial charge in [-0.1, -0.05) is 24.3 Å². The highest BCUT2D eigenvalue weighted by Gasteiger charge is 2.35. The number of carbonyl (C=O) groups is 2. The smallest absolute Gasteiger partial charge is 0.422 e. The van der Waals surface area contributed by atoms with Crippen LogP contribution in [0.1, 0.15) is 36.8 Å². The van der Waals surface area contributed by atoms with Gasteiger partial charge in [0, 0.05) is 36.3 Å². The standard InChI is InChI=1S/C28H32F3N3O5.ClH/c29-28(30,31)18-38-25-16-23(39-22-7-11-32-12-8-22)6-5-19(25)15-26(35)33-13-9-21(10-14-33)34-24-4-2-1-3-20(24)17-37-27(34)36;/h1-6,16,21-22,32H,7-15,17-18H2;1H. The van der Waals surface area contributed by atoms with E-state index in [0.717, 1.165) is 37.2 Å². The molecule has 218 valence electrons. The number of anilines is 1. The van der Waals surface area contributed by atoms with Gasteiger partial charge in [0.2, 0.25) is 5.91 Å². The topological polar surface area (TPSA) is 80.3 Å². The number of piperidine rings is 2. The molecule has 3 heterocycles. The van der Waals surface area contributed by atoms with Crippen LogP contribution >= 0.6 is 12.4 Å². The Bertz CT molecular complexity index is 1180. The summed E-state index contributed by atoms with van der Waals surface area (Å²) in [7, 11) is 0. The fraction of sp³-hybridized carbons (Fsp3) is 0.500. The van der Waals surface area contributed by atoms with E-state index in [-0.39, 0.29) is 49.2 Å². The van der Waals surface area contributed by atoms with Crippen molar-refractivity contribution in [3.8, 4) is 11.5 Å². The first-order valence-corrected chi connectivity index (χ1v) is 13.3. The first-order chi connectivity index (χ1) is 18.8. The van der Waals surface area contributed by atoms with Crippen LogP contribution in [0.25, 0.3) is 0 Å². The number of benzene rings is 2. The van der Waals surface area contributed by atoms with Gasteiger partial charge < -0.3 is 24.4 Å². The summed E-state index contributed by atoms with van der Waals surface area (Å²) in [6.07, 6.45) is -2.30. The second kappa shape index (κ2) is 13.0. The molecule has 0 unspecified atom stereocenters. The molecule has 0 saturated carbocycles. The maximum atomic E-state index is 13.2. The number of halogens is 4. The van der Waals surface area contributed by atoms with Crippen LogP contribution in [-0.4, -0.2) is 68.0 Å². The minimum atomic E-state index is -4.51. The molecule has 12 heteroatoms. The number of ether oxygens (including phenoxy) is 3. The number of nitrogens with one attached hydrogen (secondary N) is 1. The lowest BCUT2D eigenvalue weighted by atomic mass is 10.00. The molecule has 2 fully saturated rings. The maximum absolute atomic E-state index is 13.2. The molecule has 0 radical (unpaired) electrons. The molecule has 0 spiro atoms. The van der Waals surface area contributed by atoms with Gasteiger partial charge in [-0.25, -0.2) is 4.79 Å². The zero-order chi connectivity index (χ0) is 27.4. The van der Waals surface area contributed by atoms with Crippen molar-refractivity contribution < 1.29 is 37.0 Å². The first kappa shape index (κ1) is 29.8. The number of nitrogens with zero attached hydrogens (tertiary/aromatic N) is 2. The van der Waals surface area contributed by atoms with Gasteiger partial charge >= 0.3 is 12.3 Å². The van der Waals surface area contributed by atoms with E-state index in [1.165, 1.54) is 6.07 Å². The van der Waals surface area contributed by atoms with E-state index >= 15 is 0 Å². The van der Waals surface area contributed by atoms with Gasteiger partial charge in [-0.15, -0.1) is 12.4 Å². The monoisotopic (exact) mass is 583 g/mol. The minimum Gasteiger partial charge on any atom is -0.490 e. The molecular formula is C28H33ClF3N3O5. The number of hydrogen-bond donors (Lipinski definition) is 1. The van der Waals surface area contributed by atoms with Crippen molar-refractivity contribution in [1.82, 2.24) is 10.2 Å². The Morgan fingerprint density at radius 2 is 1.77 bits per heavy atom. The second-order valence-corrected chi connectivity index (χ2v) is 10.1. The van der Waals surface area contributed by atoms with Crippen molar-refractivity contribution in [2.24, 2.45) is 0 Å². The average Bonchev–Trinajstić information content (AvgIpc) is 2.93. The fourth-order valence-electron chi connectivity index (χ4n) is 5.32. The highest BCUT2D eigenvalue weighted by atomic mass is 35.5. The molecule has 3 aliphatic rings. The molecule has 0 aromatic heterocycles. The molecule has 0 bridgehead atoms. The number of amides is 2. The number of cyclic esters (lactones) is 1. The zero-order valence-electron chi connectivity index (χ0n) is 22.0. The molecular weight excluding hydrogens is 551 g/mol. The van der Waals surface area contributed by atoms with Crippen LogP contribution in [0, 0.1) is 0 Å². The van der Waals surface area contributed by atoms with Crippen molar-refractivity contribution >= 4 is 30.1 Å². The summed E-state index contributed by atoms with van der Waals surface area (Å²) in [6.45, 7) is 1.26. The minimum absolute atomic E-state index is 0. The maximum Gasteiger partial charge on any atom is 0.422 e. The normalized spacial score (nSPS) is 18.4. The van der Waals surface area contributed by atoms with E-state index in [4.69, 9.17) is 14.2 Å². The molecule has 1 N–H and O–H groups in total. The van der Waals surface area contributed by atoms with Gasteiger partial charge in [0.15, 0.2) is 6.61 Å². The molecule has 2 amide bonds. The Morgan fingerprint density at radius 1 is 1.05 bits per heavy atom. The predicted molar refractivity (Wildman–Crippen MR) is 144 cm³/mol. The van der Waals surface area contributed by atoms with E-state index in [9.17, 15) is 22.8 Å². The summed E-state index contributed by atoms with van der Waals surface area (Å²) in [4.78, 5) is 29.1. The molecule has 2 aromatic rings. The van der Waals surface area contributed by atoms with Gasteiger partial charge in [-0.3, -0.25) is 9.69 Å². The average molecular weight is 584 g/mol. The van der Waals surface area contributed by atoms with Crippen molar-refractivity contribution in [3.05, 3.63) is 53.6 Å². The molecule has 2 aromatic carbocycles. The van der Waals surface area contributed by atoms with E-state index in [1.54, 1.807) is 21.9 Å². The fourth-order valence-corrected chi connectivity index (χ4v) is 5.32. The molecule has 5 rings (SSSR count). The van der Waals surface area contributed by atoms with Gasteiger partial charge in [0.1, 0.15) is 24.2 Å². The summed E-state index contributed by atoms with van der Waals surface area (Å²) in [5, 5.41) is 3.24. The van der Waals surface area contributed by atoms with Crippen molar-refractivity contribution in [1.29, 1.82) is 0 Å². The van der Waals surface area contributed by atoms with Crippen LogP contribution in [0.3, 0.4) is 0 Å². The Labute approximate surface area is 237 Å². The summed E-state index contributed by atoms with van der Waals surface area (Å²) >= 11 is 0. The van der Waals surface area contributed by atoms with E-state index in [1.807, 2.05) is 24.3 Å². The number of fused-ring (bicyclic) bond motifs is 1. The third kappa shape index (κ3) is 7.31. The van der Waals surface area contributed by atoms with Crippen LogP contribution in [-0.2, 0) is 22.6 Å². The summed E-state index contributed by atoms with van der Waals surface area (Å²) in [5.41, 5.74) is 2.14. The molecule has 40 heavy (non-hydrogen) atoms. The van der Waals surface area contributed by atoms with Crippen molar-refractivity contribution in [2.45, 2.75) is 57.0 Å². The van der Waals surface area contributed by atoms with Gasteiger partial charge in [0.25, 0.3) is 0 Å². The number of para-hydroxylation sites is 1. The highest BCUT2D eigenvalue weighted by Crippen LogP contribution is 2.33. The molecule has 0 atom stereocenters. The lowest BCUT2D eigenvalue weighted by Gasteiger charge is -2.40. The van der Waals surface area contributed by atoms with Crippen LogP contribution in [0.15, 0.2) is 42.5 Å². The Balaban J connectivity index is 0.00000370. The Hall–Kier alpha value is -3.18. The molecule has 3 aliphatic heterocycles. The molecule has 2 saturated heterocycles. The number of alkyl halides is 3. The summed E-state index contributed by atoms with van der Waals surface area (Å²) in [5.74, 6) is 0.207. The van der Waals surface area contributed by atoms with Gasteiger partial charge in [-0.05, 0) is 50.9 Å². The SMILES string of the molecule is Cl.O=C(Cc1ccc(OC2CCNCC2)cc1OCC(F)(F)F)N1CCC(N2C(=O)OCc3ccccc32)CC1. The lowest BCUT2D eigenvalue weighted by Crippen LogP contribution is -2.50. The third-order valence-electron chi connectivity index (χ3n) is 7.34. The van der Waals surface area contributed by atoms with Crippen molar-refractivity contribution in [3.63, 3.8) is 0 Å².